The summed E-state index contributed by atoms with van der Waals surface area (Å²) in [5.41, 5.74) is -0.651. The molecule has 0 fully saturated rings. The second-order valence-electron chi connectivity index (χ2n) is 4.41. The summed E-state index contributed by atoms with van der Waals surface area (Å²) in [6, 6.07) is 0.324. The fraction of sp³-hybridized carbons (Fsp3) is 0.833. The van der Waals surface area contributed by atoms with Crippen molar-refractivity contribution >= 4 is 0 Å². The Morgan fingerprint density at radius 3 is 2.43 bits per heavy atom. The summed E-state index contributed by atoms with van der Waals surface area (Å²) in [7, 11) is 0. The first-order chi connectivity index (χ1) is 6.44. The van der Waals surface area contributed by atoms with Crippen LogP contribution in [0.5, 0.6) is 0 Å². The molecule has 0 aromatic heterocycles. The Morgan fingerprint density at radius 2 is 2.07 bits per heavy atom. The van der Waals surface area contributed by atoms with E-state index >= 15 is 0 Å². The maximum atomic E-state index is 9.99. The van der Waals surface area contributed by atoms with Crippen LogP contribution >= 0.6 is 0 Å². The molecule has 0 aromatic rings. The highest BCUT2D eigenvalue weighted by Crippen LogP contribution is 2.15. The van der Waals surface area contributed by atoms with E-state index < -0.39 is 5.60 Å². The lowest BCUT2D eigenvalue weighted by Gasteiger charge is -2.30. The highest BCUT2D eigenvalue weighted by atomic mass is 16.3. The van der Waals surface area contributed by atoms with Crippen molar-refractivity contribution in [1.29, 1.82) is 0 Å². The van der Waals surface area contributed by atoms with E-state index in [1.165, 1.54) is 0 Å². The van der Waals surface area contributed by atoms with E-state index in [9.17, 15) is 5.11 Å². The molecule has 2 atom stereocenters. The van der Waals surface area contributed by atoms with Crippen molar-refractivity contribution in [2.24, 2.45) is 5.92 Å². The van der Waals surface area contributed by atoms with E-state index in [-0.39, 0.29) is 5.92 Å². The van der Waals surface area contributed by atoms with Crippen LogP contribution in [0.15, 0.2) is 0 Å². The number of nitrogens with one attached hydrogen (secondary N) is 1. The molecule has 2 heteroatoms. The Hall–Kier alpha value is -0.520. The van der Waals surface area contributed by atoms with Crippen molar-refractivity contribution in [2.45, 2.75) is 52.2 Å². The summed E-state index contributed by atoms with van der Waals surface area (Å²) in [4.78, 5) is 0. The summed E-state index contributed by atoms with van der Waals surface area (Å²) in [5.74, 6) is 2.89. The van der Waals surface area contributed by atoms with Crippen molar-refractivity contribution in [3.8, 4) is 12.3 Å². The smallest absolute Gasteiger partial charge is 0.0766 e. The maximum Gasteiger partial charge on any atom is 0.0766 e. The zero-order chi connectivity index (χ0) is 11.2. The Morgan fingerprint density at radius 1 is 1.50 bits per heavy atom. The minimum Gasteiger partial charge on any atom is -0.389 e. The Bertz CT molecular complexity index is 191. The fourth-order valence-electron chi connectivity index (χ4n) is 1.06. The lowest BCUT2D eigenvalue weighted by atomic mass is 9.92. The number of hydrogen-bond donors (Lipinski definition) is 2. The predicted octanol–water partition coefficient (Wildman–Crippen LogP) is 1.78. The molecule has 0 aliphatic heterocycles. The first-order valence-electron chi connectivity index (χ1n) is 5.33. The molecule has 0 radical (unpaired) electrons. The van der Waals surface area contributed by atoms with Gasteiger partial charge in [0.25, 0.3) is 0 Å². The molecule has 2 N–H and O–H groups in total. The van der Waals surface area contributed by atoms with E-state index in [2.05, 4.69) is 18.2 Å². The van der Waals surface area contributed by atoms with Gasteiger partial charge < -0.3 is 10.4 Å². The average Bonchev–Trinajstić information content (AvgIpc) is 2.12. The highest BCUT2D eigenvalue weighted by Gasteiger charge is 2.25. The van der Waals surface area contributed by atoms with E-state index in [0.717, 1.165) is 12.8 Å². The predicted molar refractivity (Wildman–Crippen MR) is 61.0 cm³/mol. The van der Waals surface area contributed by atoms with Gasteiger partial charge >= 0.3 is 0 Å². The summed E-state index contributed by atoms with van der Waals surface area (Å²) in [5, 5.41) is 13.3. The van der Waals surface area contributed by atoms with Crippen LogP contribution in [0.2, 0.25) is 0 Å². The van der Waals surface area contributed by atoms with Gasteiger partial charge in [-0.25, -0.2) is 0 Å². The Labute approximate surface area is 88.1 Å². The molecule has 2 nitrogen and oxygen atoms in total. The first kappa shape index (κ1) is 13.5. The van der Waals surface area contributed by atoms with E-state index in [1.54, 1.807) is 0 Å². The molecule has 14 heavy (non-hydrogen) atoms. The molecule has 0 aliphatic carbocycles. The molecule has 0 saturated heterocycles. The summed E-state index contributed by atoms with van der Waals surface area (Å²) >= 11 is 0. The number of aliphatic hydroxyl groups is 1. The fourth-order valence-corrected chi connectivity index (χ4v) is 1.06. The molecule has 0 rings (SSSR count). The van der Waals surface area contributed by atoms with Crippen LogP contribution in [-0.2, 0) is 0 Å². The van der Waals surface area contributed by atoms with Crippen molar-refractivity contribution in [2.75, 3.05) is 6.54 Å². The largest absolute Gasteiger partial charge is 0.389 e. The van der Waals surface area contributed by atoms with Crippen molar-refractivity contribution in [1.82, 2.24) is 5.32 Å². The van der Waals surface area contributed by atoms with Crippen LogP contribution in [0.25, 0.3) is 0 Å². The zero-order valence-corrected chi connectivity index (χ0v) is 9.80. The van der Waals surface area contributed by atoms with Crippen LogP contribution in [-0.4, -0.2) is 23.3 Å². The van der Waals surface area contributed by atoms with Gasteiger partial charge in [0.05, 0.1) is 5.60 Å². The molecule has 2 unspecified atom stereocenters. The lowest BCUT2D eigenvalue weighted by Crippen LogP contribution is -2.45. The topological polar surface area (TPSA) is 32.3 Å². The lowest BCUT2D eigenvalue weighted by molar-refractivity contribution is 0.0118. The van der Waals surface area contributed by atoms with Gasteiger partial charge in [-0.1, -0.05) is 20.8 Å². The summed E-state index contributed by atoms with van der Waals surface area (Å²) in [6.07, 6.45) is 6.98. The van der Waals surface area contributed by atoms with Gasteiger partial charge in [-0.05, 0) is 19.3 Å². The van der Waals surface area contributed by atoms with Gasteiger partial charge in [0, 0.05) is 19.0 Å². The molecule has 0 aliphatic rings. The summed E-state index contributed by atoms with van der Waals surface area (Å²) in [6.45, 7) is 8.59. The number of terminal acetylenes is 1. The molecule has 0 heterocycles. The van der Waals surface area contributed by atoms with Gasteiger partial charge in [-0.2, -0.15) is 0 Å². The van der Waals surface area contributed by atoms with Gasteiger partial charge in [-0.15, -0.1) is 12.3 Å². The van der Waals surface area contributed by atoms with Gasteiger partial charge in [0.1, 0.15) is 0 Å². The average molecular weight is 197 g/mol. The monoisotopic (exact) mass is 197 g/mol. The standard InChI is InChI=1S/C12H23NO/c1-6-8-11(7-2)13-9-12(5,14)10(3)4/h1,10-11,13-14H,7-9H2,2-5H3. The van der Waals surface area contributed by atoms with E-state index in [4.69, 9.17) is 6.42 Å². The second-order valence-corrected chi connectivity index (χ2v) is 4.41. The van der Waals surface area contributed by atoms with Crippen LogP contribution in [0.1, 0.15) is 40.5 Å². The third-order valence-electron chi connectivity index (χ3n) is 2.85. The minimum atomic E-state index is -0.651. The van der Waals surface area contributed by atoms with Gasteiger partial charge in [-0.3, -0.25) is 0 Å². The van der Waals surface area contributed by atoms with Crippen molar-refractivity contribution in [3.05, 3.63) is 0 Å². The first-order valence-corrected chi connectivity index (χ1v) is 5.33. The molecular weight excluding hydrogens is 174 g/mol. The minimum absolute atomic E-state index is 0.248. The molecular formula is C12H23NO. The van der Waals surface area contributed by atoms with Crippen LogP contribution in [0.3, 0.4) is 0 Å². The van der Waals surface area contributed by atoms with Crippen LogP contribution < -0.4 is 5.32 Å². The van der Waals surface area contributed by atoms with Crippen molar-refractivity contribution in [3.63, 3.8) is 0 Å². The number of hydrogen-bond acceptors (Lipinski definition) is 2. The van der Waals surface area contributed by atoms with Crippen molar-refractivity contribution < 1.29 is 5.11 Å². The highest BCUT2D eigenvalue weighted by molar-refractivity contribution is 4.90. The second kappa shape index (κ2) is 6.06. The molecule has 0 spiro atoms. The third kappa shape index (κ3) is 4.64. The van der Waals surface area contributed by atoms with Gasteiger partial charge in [0.2, 0.25) is 0 Å². The number of rotatable bonds is 6. The Kier molecular flexibility index (Phi) is 5.83. The normalized spacial score (nSPS) is 17.5. The molecule has 0 saturated carbocycles. The SMILES string of the molecule is C#CCC(CC)NCC(C)(O)C(C)C. The van der Waals surface area contributed by atoms with Crippen LogP contribution in [0, 0.1) is 18.3 Å². The molecule has 0 amide bonds. The zero-order valence-electron chi connectivity index (χ0n) is 9.80. The van der Waals surface area contributed by atoms with E-state index in [1.807, 2.05) is 20.8 Å². The quantitative estimate of drug-likeness (QED) is 0.636. The van der Waals surface area contributed by atoms with E-state index in [0.29, 0.717) is 12.6 Å². The van der Waals surface area contributed by atoms with Crippen LogP contribution in [0.4, 0.5) is 0 Å². The summed E-state index contributed by atoms with van der Waals surface area (Å²) < 4.78 is 0. The maximum absolute atomic E-state index is 9.99. The van der Waals surface area contributed by atoms with Gasteiger partial charge in [0.15, 0.2) is 0 Å². The molecule has 0 aromatic carbocycles. The third-order valence-corrected chi connectivity index (χ3v) is 2.85. The molecule has 0 bridgehead atoms. The Balaban J connectivity index is 3.97. The molecule has 82 valence electrons.